The van der Waals surface area contributed by atoms with Crippen molar-refractivity contribution in [3.8, 4) is 0 Å². The molecule has 0 aliphatic carbocycles. The molecule has 0 bridgehead atoms. The monoisotopic (exact) mass is 184 g/mol. The zero-order valence-electron chi connectivity index (χ0n) is 5.48. The van der Waals surface area contributed by atoms with Crippen LogP contribution in [0.15, 0.2) is 24.3 Å². The van der Waals surface area contributed by atoms with Crippen LogP contribution in [0.25, 0.3) is 0 Å². The first-order valence-corrected chi connectivity index (χ1v) is 2.74. The maximum Gasteiger partial charge on any atom is 2.00 e. The molecule has 0 radical (unpaired) electrons. The van der Waals surface area contributed by atoms with Crippen molar-refractivity contribution >= 4 is 34.7 Å². The summed E-state index contributed by atoms with van der Waals surface area (Å²) in [6, 6.07) is 7.44. The second-order valence-electron chi connectivity index (χ2n) is 1.63. The molecular weight excluding hydrogens is 179 g/mol. The maximum atomic E-state index is 5.60. The van der Waals surface area contributed by atoms with Crippen molar-refractivity contribution in [1.29, 1.82) is 0 Å². The minimum atomic E-state index is 0. The van der Waals surface area contributed by atoms with Crippen LogP contribution in [0.3, 0.4) is 0 Å². The van der Waals surface area contributed by atoms with Crippen molar-refractivity contribution in [2.45, 2.75) is 0 Å². The van der Waals surface area contributed by atoms with E-state index in [0.29, 0.717) is 0 Å². The van der Waals surface area contributed by atoms with Gasteiger partial charge in [0.25, 0.3) is 0 Å². The summed E-state index contributed by atoms with van der Waals surface area (Å²) in [5.74, 6) is 0. The van der Waals surface area contributed by atoms with E-state index in [2.05, 4.69) is 6.92 Å². The van der Waals surface area contributed by atoms with Gasteiger partial charge in [-0.1, -0.05) is 17.7 Å². The second-order valence-corrected chi connectivity index (χ2v) is 2.07. The van der Waals surface area contributed by atoms with Crippen LogP contribution >= 0.6 is 11.6 Å². The van der Waals surface area contributed by atoms with E-state index in [1.165, 1.54) is 0 Å². The predicted molar refractivity (Wildman–Crippen MR) is 41.7 cm³/mol. The Bertz CT molecular complexity index is 171. The summed E-state index contributed by atoms with van der Waals surface area (Å²) in [4.78, 5) is 0. The smallest absolute Gasteiger partial charge is 1.00 e. The van der Waals surface area contributed by atoms with Gasteiger partial charge in [-0.05, 0) is 5.02 Å². The summed E-state index contributed by atoms with van der Waals surface area (Å²) < 4.78 is 0. The normalized spacial score (nSPS) is 7.30. The predicted octanol–water partition coefficient (Wildman–Crippen LogP) is -0.855. The zero-order valence-corrected chi connectivity index (χ0v) is 8.41. The van der Waals surface area contributed by atoms with Crippen molar-refractivity contribution in [2.24, 2.45) is 0 Å². The Morgan fingerprint density at radius 1 is 1.30 bits per heavy atom. The molecule has 1 rings (SSSR count). The van der Waals surface area contributed by atoms with Crippen molar-refractivity contribution in [3.63, 3.8) is 0 Å². The molecule has 0 fully saturated rings. The average molecular weight is 185 g/mol. The Morgan fingerprint density at radius 2 is 1.90 bits per heavy atom. The molecule has 1 aromatic rings. The molecule has 3 heteroatoms. The molecule has 0 aromatic heterocycles. The molecule has 0 spiro atoms. The number of hydrogen-bond acceptors (Lipinski definition) is 0. The third-order valence-electron chi connectivity index (χ3n) is 0.889. The molecule has 0 aliphatic rings. The van der Waals surface area contributed by atoms with Crippen molar-refractivity contribution in [3.05, 3.63) is 41.8 Å². The fraction of sp³-hybridized carbons (Fsp3) is 0. The summed E-state index contributed by atoms with van der Waals surface area (Å²) in [6.07, 6.45) is 0. The van der Waals surface area contributed by atoms with E-state index < -0.39 is 0 Å². The van der Waals surface area contributed by atoms with Crippen LogP contribution in [0.1, 0.15) is 5.56 Å². The first-order valence-electron chi connectivity index (χ1n) is 2.36. The number of benzene rings is 1. The van der Waals surface area contributed by atoms with Crippen LogP contribution < -0.4 is 12.4 Å². The minimum absolute atomic E-state index is 0. The van der Waals surface area contributed by atoms with Gasteiger partial charge in [-0.25, -0.2) is 0 Å². The summed E-state index contributed by atoms with van der Waals surface area (Å²) in [5, 5.41) is 0.748. The van der Waals surface area contributed by atoms with Gasteiger partial charge in [-0.2, -0.15) is 18.6 Å². The number of rotatable bonds is 0. The molecular formula is C7H6Cl2Mg. The van der Waals surface area contributed by atoms with Gasteiger partial charge in [-0.3, -0.25) is 0 Å². The Hall–Kier alpha value is 0.436. The fourth-order valence-corrected chi connectivity index (χ4v) is 0.750. The fourth-order valence-electron chi connectivity index (χ4n) is 0.537. The van der Waals surface area contributed by atoms with Gasteiger partial charge in [0.05, 0.1) is 0 Å². The molecule has 10 heavy (non-hydrogen) atoms. The third kappa shape index (κ3) is 4.28. The van der Waals surface area contributed by atoms with Crippen LogP contribution in [-0.2, 0) is 0 Å². The maximum absolute atomic E-state index is 5.60. The summed E-state index contributed by atoms with van der Waals surface area (Å²) in [6.45, 7) is 3.70. The van der Waals surface area contributed by atoms with E-state index in [0.717, 1.165) is 10.6 Å². The molecule has 50 valence electrons. The molecule has 0 unspecified atom stereocenters. The van der Waals surface area contributed by atoms with E-state index in [-0.39, 0.29) is 35.5 Å². The Morgan fingerprint density at radius 3 is 2.20 bits per heavy atom. The molecule has 0 N–H and O–H groups in total. The van der Waals surface area contributed by atoms with Gasteiger partial charge >= 0.3 is 23.1 Å². The molecule has 0 atom stereocenters. The first kappa shape index (κ1) is 13.1. The van der Waals surface area contributed by atoms with Crippen LogP contribution in [0.2, 0.25) is 5.02 Å². The van der Waals surface area contributed by atoms with E-state index >= 15 is 0 Å². The van der Waals surface area contributed by atoms with Gasteiger partial charge in [0, 0.05) is 0 Å². The topological polar surface area (TPSA) is 0 Å². The molecule has 0 heterocycles. The van der Waals surface area contributed by atoms with Gasteiger partial charge in [0.15, 0.2) is 0 Å². The SMILES string of the molecule is [CH2-]c1cccc(Cl)c1.[Cl-].[Mg+2]. The number of hydrogen-bond donors (Lipinski definition) is 0. The standard InChI is InChI=1S/C7H6Cl.ClH.Mg/c1-6-3-2-4-7(8)5-6;;/h2-5H,1H2;1H;/q-1;;+2/p-1. The molecule has 1 aromatic carbocycles. The summed E-state index contributed by atoms with van der Waals surface area (Å²) in [5.41, 5.74) is 0.956. The number of halogens is 2. The Balaban J connectivity index is 0. The van der Waals surface area contributed by atoms with Crippen molar-refractivity contribution < 1.29 is 12.4 Å². The Labute approximate surface area is 88.5 Å². The Kier molecular flexibility index (Phi) is 8.05. The summed E-state index contributed by atoms with van der Waals surface area (Å²) in [7, 11) is 0. The van der Waals surface area contributed by atoms with Crippen molar-refractivity contribution in [2.75, 3.05) is 0 Å². The van der Waals surface area contributed by atoms with E-state index in [1.54, 1.807) is 0 Å². The zero-order chi connectivity index (χ0) is 5.98. The van der Waals surface area contributed by atoms with Crippen LogP contribution in [0.5, 0.6) is 0 Å². The van der Waals surface area contributed by atoms with E-state index in [4.69, 9.17) is 11.6 Å². The van der Waals surface area contributed by atoms with Crippen LogP contribution in [-0.4, -0.2) is 23.1 Å². The van der Waals surface area contributed by atoms with Gasteiger partial charge in [0.1, 0.15) is 0 Å². The molecule has 0 amide bonds. The average Bonchev–Trinajstić information content (AvgIpc) is 1.64. The van der Waals surface area contributed by atoms with E-state index in [1.807, 2.05) is 24.3 Å². The van der Waals surface area contributed by atoms with E-state index in [9.17, 15) is 0 Å². The molecule has 0 saturated heterocycles. The van der Waals surface area contributed by atoms with Crippen LogP contribution in [0.4, 0.5) is 0 Å². The molecule has 0 saturated carbocycles. The minimum Gasteiger partial charge on any atom is -1.00 e. The van der Waals surface area contributed by atoms with Gasteiger partial charge in [-0.15, -0.1) is 12.1 Å². The second kappa shape index (κ2) is 6.17. The van der Waals surface area contributed by atoms with Crippen molar-refractivity contribution in [1.82, 2.24) is 0 Å². The van der Waals surface area contributed by atoms with Gasteiger partial charge < -0.3 is 12.4 Å². The third-order valence-corrected chi connectivity index (χ3v) is 1.12. The molecule has 0 aliphatic heterocycles. The largest absolute Gasteiger partial charge is 2.00 e. The summed E-state index contributed by atoms with van der Waals surface area (Å²) >= 11 is 5.60. The van der Waals surface area contributed by atoms with Crippen LogP contribution in [0, 0.1) is 6.92 Å². The first-order chi connectivity index (χ1) is 3.79. The van der Waals surface area contributed by atoms with Gasteiger partial charge in [0.2, 0.25) is 0 Å². The molecule has 0 nitrogen and oxygen atoms in total. The quantitative estimate of drug-likeness (QED) is 0.365.